The van der Waals surface area contributed by atoms with Gasteiger partial charge in [0.25, 0.3) is 0 Å². The lowest BCUT2D eigenvalue weighted by Crippen LogP contribution is -2.01. The minimum absolute atomic E-state index is 0.00683. The van der Waals surface area contributed by atoms with Gasteiger partial charge in [-0.2, -0.15) is 0 Å². The molecule has 0 aliphatic heterocycles. The Kier molecular flexibility index (Phi) is 4.34. The molecule has 4 nitrogen and oxygen atoms in total. The number of hydrogen-bond acceptors (Lipinski definition) is 2. The normalized spacial score (nSPS) is 11.6. The fourth-order valence-corrected chi connectivity index (χ4v) is 1.69. The average molecular weight is 268 g/mol. The minimum Gasteiger partial charge on any atom is -0.300 e. The molecule has 0 bridgehead atoms. The monoisotopic (exact) mass is 267 g/mol. The lowest BCUT2D eigenvalue weighted by Gasteiger charge is -2.09. The number of halogens is 1. The summed E-state index contributed by atoms with van der Waals surface area (Å²) >= 11 is 3.33. The van der Waals surface area contributed by atoms with Gasteiger partial charge in [-0.3, -0.25) is 0 Å². The van der Waals surface area contributed by atoms with Crippen molar-refractivity contribution in [1.82, 2.24) is 0 Å². The highest BCUT2D eigenvalue weighted by atomic mass is 79.9. The summed E-state index contributed by atoms with van der Waals surface area (Å²) in [5.74, 6) is 0.00683. The van der Waals surface area contributed by atoms with Gasteiger partial charge in [-0.25, -0.2) is 0 Å². The highest BCUT2D eigenvalue weighted by molar-refractivity contribution is 9.10. The molecule has 0 saturated carbocycles. The van der Waals surface area contributed by atoms with E-state index in [2.05, 4.69) is 26.0 Å². The van der Waals surface area contributed by atoms with Crippen LogP contribution in [0, 0.1) is 0 Å². The lowest BCUT2D eigenvalue weighted by molar-refractivity contribution is -0.117. The number of carbonyl (C=O) groups is 1. The average Bonchev–Trinajstić information content (AvgIpc) is 2.16. The highest BCUT2D eigenvalue weighted by Crippen LogP contribution is 2.24. The molecular formula is C10H10BrN3O. The minimum atomic E-state index is -0.412. The number of carbonyl (C=O) groups excluding carboxylic acids is 1. The van der Waals surface area contributed by atoms with Crippen LogP contribution >= 0.6 is 15.9 Å². The van der Waals surface area contributed by atoms with Crippen molar-refractivity contribution in [2.75, 3.05) is 0 Å². The molecule has 0 aliphatic carbocycles. The van der Waals surface area contributed by atoms with E-state index in [9.17, 15) is 4.79 Å². The second-order valence-electron chi connectivity index (χ2n) is 3.18. The zero-order valence-corrected chi connectivity index (χ0v) is 9.81. The van der Waals surface area contributed by atoms with Gasteiger partial charge in [-0.1, -0.05) is 33.2 Å². The topological polar surface area (TPSA) is 65.8 Å². The first kappa shape index (κ1) is 11.8. The number of benzene rings is 1. The summed E-state index contributed by atoms with van der Waals surface area (Å²) in [7, 11) is 0. The molecule has 0 radical (unpaired) electrons. The van der Waals surface area contributed by atoms with Crippen molar-refractivity contribution in [2.45, 2.75) is 19.4 Å². The van der Waals surface area contributed by atoms with Crippen molar-refractivity contribution in [3.63, 3.8) is 0 Å². The van der Waals surface area contributed by atoms with E-state index in [0.29, 0.717) is 0 Å². The first-order valence-electron chi connectivity index (χ1n) is 4.42. The third-order valence-electron chi connectivity index (χ3n) is 1.91. The molecule has 0 heterocycles. The van der Waals surface area contributed by atoms with Gasteiger partial charge in [0, 0.05) is 15.8 Å². The van der Waals surface area contributed by atoms with Crippen LogP contribution in [0.15, 0.2) is 33.9 Å². The van der Waals surface area contributed by atoms with E-state index in [0.717, 1.165) is 10.0 Å². The number of hydrogen-bond donors (Lipinski definition) is 0. The van der Waals surface area contributed by atoms with E-state index in [1.54, 1.807) is 0 Å². The third-order valence-corrected chi connectivity index (χ3v) is 2.40. The molecule has 78 valence electrons. The predicted octanol–water partition coefficient (Wildman–Crippen LogP) is 3.78. The second kappa shape index (κ2) is 5.53. The summed E-state index contributed by atoms with van der Waals surface area (Å²) in [5.41, 5.74) is 9.26. The maximum absolute atomic E-state index is 11.0. The molecule has 0 aliphatic rings. The van der Waals surface area contributed by atoms with Gasteiger partial charge in [0.2, 0.25) is 0 Å². The summed E-state index contributed by atoms with van der Waals surface area (Å²) in [6.45, 7) is 1.48. The van der Waals surface area contributed by atoms with E-state index in [1.165, 1.54) is 6.92 Å². The predicted molar refractivity (Wildman–Crippen MR) is 61.3 cm³/mol. The van der Waals surface area contributed by atoms with Crippen molar-refractivity contribution < 1.29 is 4.79 Å². The fraction of sp³-hybridized carbons (Fsp3) is 0.300. The zero-order chi connectivity index (χ0) is 11.3. The molecule has 5 heteroatoms. The molecule has 1 aromatic carbocycles. The molecule has 0 N–H and O–H groups in total. The number of azide groups is 1. The Morgan fingerprint density at radius 2 is 2.40 bits per heavy atom. The Labute approximate surface area is 96.1 Å². The molecule has 0 aromatic heterocycles. The van der Waals surface area contributed by atoms with Gasteiger partial charge < -0.3 is 4.79 Å². The summed E-state index contributed by atoms with van der Waals surface area (Å²) in [6, 6.07) is 7.00. The molecule has 0 saturated heterocycles. The van der Waals surface area contributed by atoms with Gasteiger partial charge in [-0.05, 0) is 30.2 Å². The quantitative estimate of drug-likeness (QED) is 0.465. The largest absolute Gasteiger partial charge is 0.300 e. The van der Waals surface area contributed by atoms with Gasteiger partial charge in [0.05, 0.1) is 6.04 Å². The van der Waals surface area contributed by atoms with Crippen LogP contribution in [0.1, 0.15) is 24.9 Å². The molecular weight excluding hydrogens is 258 g/mol. The van der Waals surface area contributed by atoms with Crippen LogP contribution in [0.2, 0.25) is 0 Å². The van der Waals surface area contributed by atoms with Gasteiger partial charge in [0.1, 0.15) is 5.78 Å². The van der Waals surface area contributed by atoms with Crippen LogP contribution < -0.4 is 0 Å². The number of ketones is 1. The Morgan fingerprint density at radius 1 is 1.67 bits per heavy atom. The molecule has 1 rings (SSSR count). The number of nitrogens with zero attached hydrogens (tertiary/aromatic N) is 3. The van der Waals surface area contributed by atoms with Crippen LogP contribution in [0.5, 0.6) is 0 Å². The van der Waals surface area contributed by atoms with Crippen molar-refractivity contribution in [3.05, 3.63) is 44.7 Å². The molecule has 1 aromatic rings. The van der Waals surface area contributed by atoms with Crippen LogP contribution in [0.25, 0.3) is 10.4 Å². The van der Waals surface area contributed by atoms with Crippen LogP contribution in [0.3, 0.4) is 0 Å². The smallest absolute Gasteiger partial charge is 0.130 e. The van der Waals surface area contributed by atoms with Crippen LogP contribution in [-0.4, -0.2) is 5.78 Å². The van der Waals surface area contributed by atoms with Crippen molar-refractivity contribution >= 4 is 21.7 Å². The first-order valence-corrected chi connectivity index (χ1v) is 5.22. The van der Waals surface area contributed by atoms with E-state index < -0.39 is 6.04 Å². The van der Waals surface area contributed by atoms with Crippen molar-refractivity contribution in [1.29, 1.82) is 0 Å². The van der Waals surface area contributed by atoms with Crippen LogP contribution in [-0.2, 0) is 4.79 Å². The van der Waals surface area contributed by atoms with E-state index in [4.69, 9.17) is 5.53 Å². The molecule has 1 unspecified atom stereocenters. The van der Waals surface area contributed by atoms with E-state index in [1.807, 2.05) is 24.3 Å². The zero-order valence-electron chi connectivity index (χ0n) is 8.22. The summed E-state index contributed by atoms with van der Waals surface area (Å²) < 4.78 is 0.904. The number of Topliss-reactive ketones (excluding diaryl/α,β-unsaturated/α-hetero) is 1. The van der Waals surface area contributed by atoms with E-state index in [-0.39, 0.29) is 12.2 Å². The molecule has 0 spiro atoms. The Morgan fingerprint density at radius 3 is 2.93 bits per heavy atom. The lowest BCUT2D eigenvalue weighted by atomic mass is 10.0. The first-order chi connectivity index (χ1) is 7.13. The van der Waals surface area contributed by atoms with Gasteiger partial charge in [0.15, 0.2) is 0 Å². The van der Waals surface area contributed by atoms with Gasteiger partial charge >= 0.3 is 0 Å². The summed E-state index contributed by atoms with van der Waals surface area (Å²) in [6.07, 6.45) is 0.237. The molecule has 15 heavy (non-hydrogen) atoms. The SMILES string of the molecule is CC(=O)CC(N=[N+]=[N-])c1cccc(Br)c1. The standard InChI is InChI=1S/C10H10BrN3O/c1-7(15)5-10(13-14-12)8-3-2-4-9(11)6-8/h2-4,6,10H,5H2,1H3. The summed E-state index contributed by atoms with van der Waals surface area (Å²) in [5, 5.41) is 3.61. The molecule has 0 fully saturated rings. The Bertz CT molecular complexity index is 413. The number of rotatable bonds is 4. The van der Waals surface area contributed by atoms with Crippen LogP contribution in [0.4, 0.5) is 0 Å². The molecule has 0 amide bonds. The van der Waals surface area contributed by atoms with Gasteiger partial charge in [-0.15, -0.1) is 0 Å². The van der Waals surface area contributed by atoms with Crippen molar-refractivity contribution in [2.24, 2.45) is 5.11 Å². The Balaban J connectivity index is 2.98. The maximum atomic E-state index is 11.0. The second-order valence-corrected chi connectivity index (χ2v) is 4.10. The summed E-state index contributed by atoms with van der Waals surface area (Å²) in [4.78, 5) is 13.7. The third kappa shape index (κ3) is 3.73. The molecule has 1 atom stereocenters. The highest BCUT2D eigenvalue weighted by Gasteiger charge is 2.11. The fourth-order valence-electron chi connectivity index (χ4n) is 1.27. The Hall–Kier alpha value is -1.32. The van der Waals surface area contributed by atoms with Crippen molar-refractivity contribution in [3.8, 4) is 0 Å². The maximum Gasteiger partial charge on any atom is 0.130 e. The van der Waals surface area contributed by atoms with E-state index >= 15 is 0 Å².